The molecular weight excluding hydrogens is 388 g/mol. The summed E-state index contributed by atoms with van der Waals surface area (Å²) in [6, 6.07) is 11.4. The number of hydrogen-bond acceptors (Lipinski definition) is 8. The second kappa shape index (κ2) is 8.68. The zero-order valence-corrected chi connectivity index (χ0v) is 14.8. The molecule has 0 radical (unpaired) electrons. The number of rotatable bonds is 6. The summed E-state index contributed by atoms with van der Waals surface area (Å²) in [5.74, 6) is -0.431. The van der Waals surface area contributed by atoms with Crippen molar-refractivity contribution in [3.8, 4) is 11.6 Å². The number of carbonyl (C=O) groups is 2. The van der Waals surface area contributed by atoms with Crippen molar-refractivity contribution in [3.05, 3.63) is 76.9 Å². The number of hydrogen-bond donors (Lipinski definition) is 2. The van der Waals surface area contributed by atoms with Crippen molar-refractivity contribution in [2.24, 2.45) is 0 Å². The van der Waals surface area contributed by atoms with Crippen LogP contribution < -0.4 is 14.8 Å². The second-order valence-corrected chi connectivity index (χ2v) is 6.00. The summed E-state index contributed by atoms with van der Waals surface area (Å²) in [4.78, 5) is 38.3. The normalized spacial score (nSPS) is 10.1. The Labute approximate surface area is 162 Å². The molecular formula is C17H12N4O6S. The lowest BCUT2D eigenvalue weighted by atomic mass is 10.3. The number of carbonyl (C=O) groups excluding carboxylic acids is 2. The van der Waals surface area contributed by atoms with E-state index in [-0.39, 0.29) is 17.3 Å². The van der Waals surface area contributed by atoms with Crippen LogP contribution in [0.1, 0.15) is 10.6 Å². The molecule has 0 aliphatic carbocycles. The molecule has 0 atom stereocenters. The van der Waals surface area contributed by atoms with E-state index in [1.165, 1.54) is 36.7 Å². The van der Waals surface area contributed by atoms with E-state index in [2.05, 4.69) is 15.0 Å². The topological polar surface area (TPSA) is 137 Å². The van der Waals surface area contributed by atoms with Crippen molar-refractivity contribution in [1.29, 1.82) is 0 Å². The Morgan fingerprint density at radius 1 is 1.14 bits per heavy atom. The first-order valence-corrected chi connectivity index (χ1v) is 8.53. The van der Waals surface area contributed by atoms with Crippen molar-refractivity contribution < 1.29 is 23.7 Å². The quantitative estimate of drug-likeness (QED) is 0.364. The summed E-state index contributed by atoms with van der Waals surface area (Å²) in [6.45, 7) is 0. The van der Waals surface area contributed by atoms with E-state index >= 15 is 0 Å². The summed E-state index contributed by atoms with van der Waals surface area (Å²) in [5.41, 5.74) is -0.250. The predicted octanol–water partition coefficient (Wildman–Crippen LogP) is 3.52. The monoisotopic (exact) mass is 400 g/mol. The Morgan fingerprint density at radius 3 is 2.61 bits per heavy atom. The minimum absolute atomic E-state index is 0.0188. The van der Waals surface area contributed by atoms with Crippen LogP contribution in [0.3, 0.4) is 0 Å². The molecule has 2 aromatic heterocycles. The van der Waals surface area contributed by atoms with E-state index in [0.717, 1.165) is 11.9 Å². The average Bonchev–Trinajstić information content (AvgIpc) is 3.23. The molecule has 10 nitrogen and oxygen atoms in total. The van der Waals surface area contributed by atoms with Gasteiger partial charge in [-0.1, -0.05) is 0 Å². The van der Waals surface area contributed by atoms with Crippen molar-refractivity contribution >= 4 is 29.6 Å². The van der Waals surface area contributed by atoms with Gasteiger partial charge in [0.15, 0.2) is 5.76 Å². The molecule has 142 valence electrons. The number of benzene rings is 1. The van der Waals surface area contributed by atoms with Gasteiger partial charge < -0.3 is 9.15 Å². The maximum atomic E-state index is 11.7. The Kier molecular flexibility index (Phi) is 5.87. The summed E-state index contributed by atoms with van der Waals surface area (Å²) < 4.78 is 12.8. The van der Waals surface area contributed by atoms with Gasteiger partial charge in [-0.15, -0.1) is 0 Å². The molecule has 0 saturated carbocycles. The standard InChI is InChI=1S/C17H12N4O6S/c22-15(14-4-2-10-26-14)19-17(23)20-28-12-7-5-11(6-8-12)27-16-13(21(24)25)3-1-9-18-16/h1-10H,(H2,19,20,22,23). The van der Waals surface area contributed by atoms with Gasteiger partial charge in [0.2, 0.25) is 0 Å². The van der Waals surface area contributed by atoms with Crippen LogP contribution in [0, 0.1) is 10.1 Å². The largest absolute Gasteiger partial charge is 0.459 e. The van der Waals surface area contributed by atoms with Crippen LogP contribution >= 0.6 is 11.9 Å². The zero-order chi connectivity index (χ0) is 19.9. The maximum absolute atomic E-state index is 11.7. The molecule has 0 saturated heterocycles. The fourth-order valence-corrected chi connectivity index (χ4v) is 2.52. The number of nitrogens with zero attached hydrogens (tertiary/aromatic N) is 2. The summed E-state index contributed by atoms with van der Waals surface area (Å²) in [6.07, 6.45) is 2.71. The zero-order valence-electron chi connectivity index (χ0n) is 14.0. The van der Waals surface area contributed by atoms with Crippen LogP contribution in [0.4, 0.5) is 10.5 Å². The first-order chi connectivity index (χ1) is 13.5. The van der Waals surface area contributed by atoms with Crippen LogP contribution in [0.5, 0.6) is 11.6 Å². The number of furan rings is 1. The molecule has 0 spiro atoms. The highest BCUT2D eigenvalue weighted by atomic mass is 32.2. The maximum Gasteiger partial charge on any atom is 0.332 e. The molecule has 2 heterocycles. The Balaban J connectivity index is 1.54. The molecule has 0 aliphatic rings. The summed E-state index contributed by atoms with van der Waals surface area (Å²) >= 11 is 0.967. The van der Waals surface area contributed by atoms with Gasteiger partial charge in [-0.05, 0) is 54.4 Å². The third-order valence-electron chi connectivity index (χ3n) is 3.22. The van der Waals surface area contributed by atoms with Gasteiger partial charge in [-0.2, -0.15) is 0 Å². The number of aromatic nitrogens is 1. The highest BCUT2D eigenvalue weighted by molar-refractivity contribution is 7.98. The Morgan fingerprint density at radius 2 is 1.93 bits per heavy atom. The summed E-state index contributed by atoms with van der Waals surface area (Å²) in [5, 5.41) is 13.1. The van der Waals surface area contributed by atoms with Crippen LogP contribution in [0.2, 0.25) is 0 Å². The molecule has 0 aliphatic heterocycles. The number of nitrogens with one attached hydrogen (secondary N) is 2. The van der Waals surface area contributed by atoms with E-state index in [0.29, 0.717) is 10.6 Å². The van der Waals surface area contributed by atoms with Crippen molar-refractivity contribution in [3.63, 3.8) is 0 Å². The molecule has 0 fully saturated rings. The molecule has 11 heteroatoms. The van der Waals surface area contributed by atoms with E-state index in [4.69, 9.17) is 9.15 Å². The fraction of sp³-hybridized carbons (Fsp3) is 0. The number of urea groups is 1. The predicted molar refractivity (Wildman–Crippen MR) is 98.0 cm³/mol. The van der Waals surface area contributed by atoms with E-state index < -0.39 is 16.9 Å². The first kappa shape index (κ1) is 18.9. The van der Waals surface area contributed by atoms with Crippen molar-refractivity contribution in [1.82, 2.24) is 15.0 Å². The molecule has 0 bridgehead atoms. The van der Waals surface area contributed by atoms with Gasteiger partial charge >= 0.3 is 11.7 Å². The van der Waals surface area contributed by atoms with Crippen LogP contribution in [0.15, 0.2) is 70.3 Å². The number of nitro groups is 1. The number of imide groups is 1. The van der Waals surface area contributed by atoms with Crippen molar-refractivity contribution in [2.45, 2.75) is 4.90 Å². The lowest BCUT2D eigenvalue weighted by Gasteiger charge is -2.07. The highest BCUT2D eigenvalue weighted by Gasteiger charge is 2.16. The fourth-order valence-electron chi connectivity index (χ4n) is 1.99. The van der Waals surface area contributed by atoms with Crippen LogP contribution in [-0.2, 0) is 0 Å². The molecule has 1 aromatic carbocycles. The molecule has 3 rings (SSSR count). The summed E-state index contributed by atoms with van der Waals surface area (Å²) in [7, 11) is 0. The average molecular weight is 400 g/mol. The SMILES string of the molecule is O=C(NSc1ccc(Oc2ncccc2[N+](=O)[O-])cc1)NC(=O)c1ccco1. The third-order valence-corrected chi connectivity index (χ3v) is 4.01. The third kappa shape index (κ3) is 4.86. The van der Waals surface area contributed by atoms with Gasteiger partial charge in [0.05, 0.1) is 11.2 Å². The van der Waals surface area contributed by atoms with Gasteiger partial charge in [-0.3, -0.25) is 24.9 Å². The van der Waals surface area contributed by atoms with Gasteiger partial charge in [-0.25, -0.2) is 9.78 Å². The Bertz CT molecular complexity index is 991. The minimum atomic E-state index is -0.712. The molecule has 2 N–H and O–H groups in total. The van der Waals surface area contributed by atoms with Crippen LogP contribution in [0.25, 0.3) is 0 Å². The molecule has 28 heavy (non-hydrogen) atoms. The van der Waals surface area contributed by atoms with Crippen LogP contribution in [-0.4, -0.2) is 21.8 Å². The molecule has 3 aromatic rings. The second-order valence-electron chi connectivity index (χ2n) is 5.12. The van der Waals surface area contributed by atoms with E-state index in [1.54, 1.807) is 24.3 Å². The smallest absolute Gasteiger partial charge is 0.332 e. The number of amides is 3. The lowest BCUT2D eigenvalue weighted by Crippen LogP contribution is -2.36. The first-order valence-electron chi connectivity index (χ1n) is 7.72. The van der Waals surface area contributed by atoms with Gasteiger partial charge in [0.1, 0.15) is 5.75 Å². The van der Waals surface area contributed by atoms with Gasteiger partial charge in [0.25, 0.3) is 11.8 Å². The number of ether oxygens (including phenoxy) is 1. The van der Waals surface area contributed by atoms with E-state index in [9.17, 15) is 19.7 Å². The number of pyridine rings is 1. The highest BCUT2D eigenvalue weighted by Crippen LogP contribution is 2.29. The van der Waals surface area contributed by atoms with Gasteiger partial charge in [0, 0.05) is 17.2 Å². The molecule has 0 unspecified atom stereocenters. The van der Waals surface area contributed by atoms with E-state index in [1.807, 2.05) is 0 Å². The Hall–Kier alpha value is -3.86. The van der Waals surface area contributed by atoms with Crippen molar-refractivity contribution in [2.75, 3.05) is 0 Å². The lowest BCUT2D eigenvalue weighted by molar-refractivity contribution is -0.386. The molecule has 3 amide bonds. The minimum Gasteiger partial charge on any atom is -0.459 e.